The third kappa shape index (κ3) is 5.40. The molecule has 1 atom stereocenters. The number of hydrogen-bond donors (Lipinski definition) is 2. The average molecular weight is 387 g/mol. The van der Waals surface area contributed by atoms with Crippen LogP contribution in [0.5, 0.6) is 0 Å². The number of anilines is 2. The molecule has 1 heterocycles. The summed E-state index contributed by atoms with van der Waals surface area (Å²) in [6.45, 7) is 8.82. The van der Waals surface area contributed by atoms with E-state index in [1.807, 2.05) is 6.07 Å². The molecule has 1 fully saturated rings. The summed E-state index contributed by atoms with van der Waals surface area (Å²) in [5.41, 5.74) is 2.58. The molecule has 1 unspecified atom stereocenters. The van der Waals surface area contributed by atoms with Crippen LogP contribution in [0.25, 0.3) is 0 Å². The second kappa shape index (κ2) is 9.15. The van der Waals surface area contributed by atoms with E-state index in [-0.39, 0.29) is 5.82 Å². The second-order valence-electron chi connectivity index (χ2n) is 7.01. The van der Waals surface area contributed by atoms with Gasteiger partial charge in [0.05, 0.1) is 0 Å². The number of rotatable bonds is 5. The van der Waals surface area contributed by atoms with Crippen molar-refractivity contribution in [1.29, 1.82) is 0 Å². The Morgan fingerprint density at radius 2 is 1.81 bits per heavy atom. The van der Waals surface area contributed by atoms with Crippen molar-refractivity contribution in [2.45, 2.75) is 19.9 Å². The number of nitrogens with zero attached hydrogens (tertiary/aromatic N) is 2. The van der Waals surface area contributed by atoms with Gasteiger partial charge < -0.3 is 15.5 Å². The summed E-state index contributed by atoms with van der Waals surface area (Å²) in [7, 11) is 0. The van der Waals surface area contributed by atoms with Gasteiger partial charge in [-0.05, 0) is 55.9 Å². The normalized spacial score (nSPS) is 16.0. The van der Waals surface area contributed by atoms with Crippen LogP contribution in [0.3, 0.4) is 0 Å². The number of thiocarbonyl (C=S) groups is 1. The lowest BCUT2D eigenvalue weighted by Crippen LogP contribution is -2.52. The first kappa shape index (κ1) is 19.6. The van der Waals surface area contributed by atoms with Crippen molar-refractivity contribution >= 4 is 28.7 Å². The van der Waals surface area contributed by atoms with E-state index >= 15 is 0 Å². The van der Waals surface area contributed by atoms with Gasteiger partial charge in [0.25, 0.3) is 0 Å². The van der Waals surface area contributed by atoms with E-state index < -0.39 is 0 Å². The van der Waals surface area contributed by atoms with Gasteiger partial charge in [0, 0.05) is 50.1 Å². The van der Waals surface area contributed by atoms with E-state index in [2.05, 4.69) is 57.7 Å². The largest absolute Gasteiger partial charge is 0.369 e. The van der Waals surface area contributed by atoms with Crippen LogP contribution < -0.4 is 15.5 Å². The van der Waals surface area contributed by atoms with Crippen molar-refractivity contribution in [3.05, 3.63) is 59.9 Å². The Hall–Kier alpha value is -2.18. The van der Waals surface area contributed by atoms with Gasteiger partial charge in [-0.15, -0.1) is 0 Å². The zero-order valence-corrected chi connectivity index (χ0v) is 16.7. The van der Waals surface area contributed by atoms with E-state index in [1.54, 1.807) is 13.0 Å². The first-order chi connectivity index (χ1) is 13.0. The molecule has 0 spiro atoms. The maximum absolute atomic E-state index is 13.6. The van der Waals surface area contributed by atoms with Gasteiger partial charge in [0.1, 0.15) is 5.82 Å². The topological polar surface area (TPSA) is 30.5 Å². The molecule has 4 nitrogen and oxygen atoms in total. The van der Waals surface area contributed by atoms with E-state index in [0.717, 1.165) is 32.7 Å². The standard InChI is InChI=1S/C21H27FN4S/c1-16-8-9-18(14-20(16)22)24-21(27)23-15-17(2)25-10-12-26(13-11-25)19-6-4-3-5-7-19/h3-9,14,17H,10-13,15H2,1-2H3,(H2,23,24,27). The molecule has 0 aromatic heterocycles. The highest BCUT2D eigenvalue weighted by Gasteiger charge is 2.21. The fourth-order valence-electron chi connectivity index (χ4n) is 3.28. The molecule has 0 bridgehead atoms. The zero-order valence-electron chi connectivity index (χ0n) is 15.9. The monoisotopic (exact) mass is 386 g/mol. The average Bonchev–Trinajstić information content (AvgIpc) is 2.70. The summed E-state index contributed by atoms with van der Waals surface area (Å²) >= 11 is 5.34. The minimum Gasteiger partial charge on any atom is -0.369 e. The van der Waals surface area contributed by atoms with Crippen LogP contribution in [0.4, 0.5) is 15.8 Å². The first-order valence-electron chi connectivity index (χ1n) is 9.38. The minimum absolute atomic E-state index is 0.229. The second-order valence-corrected chi connectivity index (χ2v) is 7.41. The van der Waals surface area contributed by atoms with Crippen molar-refractivity contribution in [3.8, 4) is 0 Å². The highest BCUT2D eigenvalue weighted by atomic mass is 32.1. The molecule has 6 heteroatoms. The lowest BCUT2D eigenvalue weighted by Gasteiger charge is -2.39. The maximum Gasteiger partial charge on any atom is 0.170 e. The van der Waals surface area contributed by atoms with Crippen molar-refractivity contribution in [1.82, 2.24) is 10.2 Å². The highest BCUT2D eigenvalue weighted by molar-refractivity contribution is 7.80. The van der Waals surface area contributed by atoms with Gasteiger partial charge in [-0.2, -0.15) is 0 Å². The molecule has 2 aromatic rings. The smallest absolute Gasteiger partial charge is 0.170 e. The van der Waals surface area contributed by atoms with E-state index in [9.17, 15) is 4.39 Å². The summed E-state index contributed by atoms with van der Waals surface area (Å²) in [4.78, 5) is 4.90. The molecule has 0 amide bonds. The quantitative estimate of drug-likeness (QED) is 0.767. The predicted molar refractivity (Wildman–Crippen MR) is 115 cm³/mol. The van der Waals surface area contributed by atoms with E-state index in [4.69, 9.17) is 12.2 Å². The Morgan fingerprint density at radius 3 is 2.48 bits per heavy atom. The Labute approximate surface area is 166 Å². The molecule has 27 heavy (non-hydrogen) atoms. The van der Waals surface area contributed by atoms with Crippen molar-refractivity contribution in [3.63, 3.8) is 0 Å². The lowest BCUT2D eigenvalue weighted by molar-refractivity contribution is 0.198. The predicted octanol–water partition coefficient (Wildman–Crippen LogP) is 3.63. The molecule has 0 aliphatic carbocycles. The van der Waals surface area contributed by atoms with Crippen LogP contribution in [0, 0.1) is 12.7 Å². The summed E-state index contributed by atoms with van der Waals surface area (Å²) in [5, 5.41) is 6.82. The van der Waals surface area contributed by atoms with Crippen molar-refractivity contribution in [2.24, 2.45) is 0 Å². The molecule has 0 radical (unpaired) electrons. The third-order valence-electron chi connectivity index (χ3n) is 5.05. The zero-order chi connectivity index (χ0) is 19.2. The first-order valence-corrected chi connectivity index (χ1v) is 9.79. The van der Waals surface area contributed by atoms with Crippen molar-refractivity contribution < 1.29 is 4.39 Å². The van der Waals surface area contributed by atoms with Crippen LogP contribution >= 0.6 is 12.2 Å². The summed E-state index contributed by atoms with van der Waals surface area (Å²) in [5.74, 6) is -0.229. The number of benzene rings is 2. The van der Waals surface area contributed by atoms with Crippen molar-refractivity contribution in [2.75, 3.05) is 42.9 Å². The number of aryl methyl sites for hydroxylation is 1. The Morgan fingerprint density at radius 1 is 1.11 bits per heavy atom. The summed E-state index contributed by atoms with van der Waals surface area (Å²) < 4.78 is 13.6. The van der Waals surface area contributed by atoms with Crippen LogP contribution in [0.1, 0.15) is 12.5 Å². The van der Waals surface area contributed by atoms with Gasteiger partial charge in [-0.25, -0.2) is 4.39 Å². The van der Waals surface area contributed by atoms with Crippen LogP contribution in [0.15, 0.2) is 48.5 Å². The van der Waals surface area contributed by atoms with Gasteiger partial charge in [-0.3, -0.25) is 4.90 Å². The van der Waals surface area contributed by atoms with Gasteiger partial charge in [-0.1, -0.05) is 24.3 Å². The Balaban J connectivity index is 1.42. The molecule has 144 valence electrons. The minimum atomic E-state index is -0.229. The molecule has 2 N–H and O–H groups in total. The molecule has 2 aromatic carbocycles. The fourth-order valence-corrected chi connectivity index (χ4v) is 3.48. The Kier molecular flexibility index (Phi) is 6.63. The fraction of sp³-hybridized carbons (Fsp3) is 0.381. The molecular formula is C21H27FN4S. The molecule has 1 saturated heterocycles. The number of para-hydroxylation sites is 1. The number of nitrogens with one attached hydrogen (secondary N) is 2. The lowest BCUT2D eigenvalue weighted by atomic mass is 10.2. The van der Waals surface area contributed by atoms with E-state index in [1.165, 1.54) is 11.8 Å². The number of halogens is 1. The van der Waals surface area contributed by atoms with Crippen LogP contribution in [0.2, 0.25) is 0 Å². The Bertz CT molecular complexity index is 760. The van der Waals surface area contributed by atoms with Crippen LogP contribution in [-0.4, -0.2) is 48.8 Å². The van der Waals surface area contributed by atoms with Crippen LogP contribution in [-0.2, 0) is 0 Å². The van der Waals surface area contributed by atoms with Gasteiger partial charge in [0.15, 0.2) is 5.11 Å². The van der Waals surface area contributed by atoms with E-state index in [0.29, 0.717) is 22.4 Å². The summed E-state index contributed by atoms with van der Waals surface area (Å²) in [6.07, 6.45) is 0. The summed E-state index contributed by atoms with van der Waals surface area (Å²) in [6, 6.07) is 16.0. The molecule has 1 aliphatic heterocycles. The third-order valence-corrected chi connectivity index (χ3v) is 5.29. The molecular weight excluding hydrogens is 359 g/mol. The SMILES string of the molecule is Cc1ccc(NC(=S)NCC(C)N2CCN(c3ccccc3)CC2)cc1F. The molecule has 3 rings (SSSR count). The number of piperazine rings is 1. The van der Waals surface area contributed by atoms with Gasteiger partial charge in [0.2, 0.25) is 0 Å². The maximum atomic E-state index is 13.6. The number of hydrogen-bond acceptors (Lipinski definition) is 3. The van der Waals surface area contributed by atoms with Gasteiger partial charge >= 0.3 is 0 Å². The molecule has 0 saturated carbocycles. The highest BCUT2D eigenvalue weighted by Crippen LogP contribution is 2.16. The molecule has 1 aliphatic rings.